The van der Waals surface area contributed by atoms with Crippen molar-refractivity contribution in [2.24, 2.45) is 0 Å². The van der Waals surface area contributed by atoms with E-state index in [4.69, 9.17) is 6.30 Å². The van der Waals surface area contributed by atoms with Gasteiger partial charge in [0.25, 0.3) is 0 Å². The molecule has 3 aromatic carbocycles. The molecule has 0 radical (unpaired) electrons. The van der Waals surface area contributed by atoms with Crippen LogP contribution in [0.2, 0.25) is 0 Å². The number of hydrogen-bond donors (Lipinski definition) is 0. The summed E-state index contributed by atoms with van der Waals surface area (Å²) in [6.07, 6.45) is 4.78. The maximum Gasteiger partial charge on any atom is -0.00913 e. The second kappa shape index (κ2) is 5.41. The van der Waals surface area contributed by atoms with E-state index in [0.717, 1.165) is 0 Å². The molecule has 2 unspecified atom stereocenters. The van der Waals surface area contributed by atoms with Gasteiger partial charge in [-0.05, 0) is 40.3 Å². The Bertz CT molecular complexity index is 953. The SMILES string of the molecule is C=P1(c2ccccc2)C=P(C)(c2ccccc2)c2ccccc21. The maximum atomic E-state index is 4.78. The molecule has 0 nitrogen and oxygen atoms in total. The zero-order valence-corrected chi connectivity index (χ0v) is 15.1. The summed E-state index contributed by atoms with van der Waals surface area (Å²) in [6, 6.07) is 30.8. The van der Waals surface area contributed by atoms with Gasteiger partial charge < -0.3 is 0 Å². The Hall–Kier alpha value is -1.74. The third kappa shape index (κ3) is 2.21. The van der Waals surface area contributed by atoms with E-state index in [0.29, 0.717) is 0 Å². The Morgan fingerprint density at radius 3 is 1.70 bits per heavy atom. The number of benzene rings is 3. The van der Waals surface area contributed by atoms with E-state index >= 15 is 0 Å². The highest BCUT2D eigenvalue weighted by Gasteiger charge is 2.34. The van der Waals surface area contributed by atoms with Gasteiger partial charge in [-0.15, -0.1) is 0 Å². The molecule has 0 amide bonds. The predicted octanol–water partition coefficient (Wildman–Crippen LogP) is 3.46. The lowest BCUT2D eigenvalue weighted by Gasteiger charge is -2.19. The largest absolute Gasteiger partial charge is 0.0891 e. The first-order valence-electron chi connectivity index (χ1n) is 7.82. The van der Waals surface area contributed by atoms with Crippen molar-refractivity contribution in [3.63, 3.8) is 0 Å². The first kappa shape index (κ1) is 14.8. The van der Waals surface area contributed by atoms with E-state index in [-0.39, 0.29) is 0 Å². The molecule has 0 aromatic heterocycles. The molecule has 2 heteroatoms. The van der Waals surface area contributed by atoms with Crippen molar-refractivity contribution in [1.82, 2.24) is 0 Å². The van der Waals surface area contributed by atoms with Gasteiger partial charge in [-0.25, -0.2) is 0 Å². The zero-order valence-electron chi connectivity index (χ0n) is 13.3. The van der Waals surface area contributed by atoms with Crippen molar-refractivity contribution >= 4 is 46.8 Å². The predicted molar refractivity (Wildman–Crippen MR) is 111 cm³/mol. The normalized spacial score (nSPS) is 25.6. The molecular weight excluding hydrogens is 314 g/mol. The van der Waals surface area contributed by atoms with Gasteiger partial charge >= 0.3 is 0 Å². The minimum absolute atomic E-state index is 1.38. The summed E-state index contributed by atoms with van der Waals surface area (Å²) in [6.45, 7) is -0.721. The second-order valence-electron chi connectivity index (χ2n) is 6.22. The lowest BCUT2D eigenvalue weighted by Crippen LogP contribution is -2.25. The van der Waals surface area contributed by atoms with Crippen molar-refractivity contribution < 1.29 is 0 Å². The van der Waals surface area contributed by atoms with Crippen LogP contribution in [0.3, 0.4) is 0 Å². The molecule has 1 heterocycles. The molecule has 114 valence electrons. The lowest BCUT2D eigenvalue weighted by molar-refractivity contribution is 1.76. The van der Waals surface area contributed by atoms with Gasteiger partial charge in [0.2, 0.25) is 0 Å². The molecule has 0 aliphatic carbocycles. The number of fused-ring (bicyclic) bond motifs is 1. The van der Waals surface area contributed by atoms with E-state index in [1.54, 1.807) is 0 Å². The Balaban J connectivity index is 2.06. The standard InChI is InChI=1S/C21H20P2/c1-22(18-11-5-3-6-12-18)17-23(2,19-13-7-4-8-14-19)21-16-10-9-15-20(21)22/h3-17H,1H2,2H3. The molecule has 0 N–H and O–H groups in total. The summed E-state index contributed by atoms with van der Waals surface area (Å²) >= 11 is 0. The van der Waals surface area contributed by atoms with Crippen molar-refractivity contribution in [3.05, 3.63) is 84.9 Å². The summed E-state index contributed by atoms with van der Waals surface area (Å²) in [5.74, 6) is 0. The van der Waals surface area contributed by atoms with Gasteiger partial charge in [0.15, 0.2) is 0 Å². The molecule has 0 saturated heterocycles. The average Bonchev–Trinajstić information content (AvgIpc) is 2.87. The zero-order chi connectivity index (χ0) is 15.9. The Kier molecular flexibility index (Phi) is 3.49. The van der Waals surface area contributed by atoms with Crippen molar-refractivity contribution in [2.75, 3.05) is 6.66 Å². The van der Waals surface area contributed by atoms with Gasteiger partial charge in [0.05, 0.1) is 0 Å². The smallest absolute Gasteiger partial charge is 0.00913 e. The molecule has 0 fully saturated rings. The molecule has 23 heavy (non-hydrogen) atoms. The first-order valence-corrected chi connectivity index (χ1v) is 12.2. The molecule has 1 aliphatic heterocycles. The molecule has 0 spiro atoms. The summed E-state index contributed by atoms with van der Waals surface area (Å²) in [7, 11) is 0. The van der Waals surface area contributed by atoms with E-state index in [1.807, 2.05) is 0 Å². The highest BCUT2D eigenvalue weighted by Crippen LogP contribution is 2.57. The topological polar surface area (TPSA) is 0 Å². The van der Waals surface area contributed by atoms with Crippen LogP contribution in [0.25, 0.3) is 0 Å². The fraction of sp³-hybridized carbons (Fsp3) is 0.0476. The summed E-state index contributed by atoms with van der Waals surface area (Å²) < 4.78 is 0. The van der Waals surface area contributed by atoms with E-state index in [2.05, 4.69) is 97.1 Å². The van der Waals surface area contributed by atoms with Gasteiger partial charge in [0, 0.05) is 0 Å². The summed E-state index contributed by atoms with van der Waals surface area (Å²) in [5, 5.41) is 5.81. The molecule has 3 aromatic rings. The summed E-state index contributed by atoms with van der Waals surface area (Å²) in [4.78, 5) is 0. The fourth-order valence-corrected chi connectivity index (χ4v) is 13.8. The van der Waals surface area contributed by atoms with Crippen LogP contribution in [0, 0.1) is 0 Å². The van der Waals surface area contributed by atoms with Crippen LogP contribution in [0.1, 0.15) is 0 Å². The van der Waals surface area contributed by atoms with E-state index in [9.17, 15) is 0 Å². The highest BCUT2D eigenvalue weighted by molar-refractivity contribution is 8.15. The van der Waals surface area contributed by atoms with Gasteiger partial charge in [-0.2, -0.15) is 0 Å². The third-order valence-electron chi connectivity index (χ3n) is 4.75. The Morgan fingerprint density at radius 2 is 1.09 bits per heavy atom. The van der Waals surface area contributed by atoms with Gasteiger partial charge in [0.1, 0.15) is 0 Å². The van der Waals surface area contributed by atoms with Crippen LogP contribution in [0.15, 0.2) is 84.9 Å². The fourth-order valence-electron chi connectivity index (χ4n) is 3.56. The van der Waals surface area contributed by atoms with Crippen LogP contribution in [0.5, 0.6) is 0 Å². The first-order chi connectivity index (χ1) is 11.1. The Morgan fingerprint density at radius 1 is 0.609 bits per heavy atom. The minimum Gasteiger partial charge on any atom is -0.0891 e. The summed E-state index contributed by atoms with van der Waals surface area (Å²) in [5.41, 5.74) is 2.63. The van der Waals surface area contributed by atoms with Crippen LogP contribution in [-0.4, -0.2) is 18.5 Å². The monoisotopic (exact) mass is 334 g/mol. The molecule has 0 bridgehead atoms. The number of hydrogen-bond acceptors (Lipinski definition) is 0. The molecule has 2 atom stereocenters. The van der Waals surface area contributed by atoms with Crippen LogP contribution in [0.4, 0.5) is 0 Å². The van der Waals surface area contributed by atoms with Crippen molar-refractivity contribution in [2.45, 2.75) is 0 Å². The molecule has 0 saturated carbocycles. The van der Waals surface area contributed by atoms with Crippen molar-refractivity contribution in [3.8, 4) is 0 Å². The minimum atomic E-state index is -1.67. The van der Waals surface area contributed by atoms with Crippen LogP contribution >= 0.6 is 13.8 Å². The maximum absolute atomic E-state index is 4.78. The molecule has 1 aliphatic rings. The van der Waals surface area contributed by atoms with Crippen molar-refractivity contribution in [1.29, 1.82) is 0 Å². The molecular formula is C21H20P2. The van der Waals surface area contributed by atoms with Gasteiger partial charge in [-0.3, -0.25) is 0 Å². The third-order valence-corrected chi connectivity index (χ3v) is 13.6. The number of rotatable bonds is 2. The van der Waals surface area contributed by atoms with E-state index in [1.165, 1.54) is 21.2 Å². The second-order valence-corrected chi connectivity index (χ2v) is 13.0. The van der Waals surface area contributed by atoms with Gasteiger partial charge in [-0.1, -0.05) is 98.1 Å². The quantitative estimate of drug-likeness (QED) is 0.630. The molecule has 4 rings (SSSR count). The highest BCUT2D eigenvalue weighted by atomic mass is 31.2. The average molecular weight is 334 g/mol. The van der Waals surface area contributed by atoms with Crippen LogP contribution in [-0.2, 0) is 0 Å². The Labute approximate surface area is 138 Å². The van der Waals surface area contributed by atoms with Crippen LogP contribution < -0.4 is 21.2 Å². The van der Waals surface area contributed by atoms with E-state index < -0.39 is 13.8 Å². The lowest BCUT2D eigenvalue weighted by atomic mass is 10.4.